The van der Waals surface area contributed by atoms with Crippen LogP contribution in [0.2, 0.25) is 0 Å². The Morgan fingerprint density at radius 1 is 0.846 bits per heavy atom. The van der Waals surface area contributed by atoms with Crippen molar-refractivity contribution >= 4 is 0 Å². The van der Waals surface area contributed by atoms with E-state index >= 15 is 0 Å². The summed E-state index contributed by atoms with van der Waals surface area (Å²) in [5, 5.41) is 19.5. The summed E-state index contributed by atoms with van der Waals surface area (Å²) in [5.74, 6) is 0. The third-order valence-corrected chi connectivity index (χ3v) is 2.95. The highest BCUT2D eigenvalue weighted by atomic mass is 16.3. The molecule has 1 saturated carbocycles. The Morgan fingerprint density at radius 2 is 1.15 bits per heavy atom. The molecule has 0 heterocycles. The van der Waals surface area contributed by atoms with Crippen LogP contribution in [-0.4, -0.2) is 72.5 Å². The summed E-state index contributed by atoms with van der Waals surface area (Å²) in [6.07, 6.45) is -0.424. The number of aliphatic hydroxyl groups is 2. The van der Waals surface area contributed by atoms with Crippen molar-refractivity contribution in [2.45, 2.75) is 30.7 Å². The van der Waals surface area contributed by atoms with Crippen molar-refractivity contribution in [3.8, 4) is 0 Å². The number of rotatable bonds is 2. The SMILES string of the molecule is CN(C)[C@@H]1C[C@@H](N(C)C)[C@H](O)[C@H]1O. The molecule has 0 saturated heterocycles. The highest BCUT2D eigenvalue weighted by Crippen LogP contribution is 2.26. The van der Waals surface area contributed by atoms with Crippen molar-refractivity contribution in [1.29, 1.82) is 0 Å². The number of aliphatic hydroxyl groups excluding tert-OH is 2. The molecule has 0 spiro atoms. The van der Waals surface area contributed by atoms with Gasteiger partial charge in [0.05, 0.1) is 12.2 Å². The van der Waals surface area contributed by atoms with Crippen LogP contribution in [-0.2, 0) is 0 Å². The molecular formula is C9H20N2O2. The van der Waals surface area contributed by atoms with Gasteiger partial charge in [0.1, 0.15) is 0 Å². The lowest BCUT2D eigenvalue weighted by atomic mass is 10.2. The van der Waals surface area contributed by atoms with E-state index in [9.17, 15) is 10.2 Å². The molecule has 1 aliphatic carbocycles. The van der Waals surface area contributed by atoms with Gasteiger partial charge in [-0.15, -0.1) is 0 Å². The minimum atomic E-state index is -0.623. The number of hydrogen-bond acceptors (Lipinski definition) is 4. The van der Waals surface area contributed by atoms with Gasteiger partial charge in [-0.25, -0.2) is 0 Å². The molecule has 0 bridgehead atoms. The Bertz CT molecular complexity index is 155. The van der Waals surface area contributed by atoms with E-state index in [1.54, 1.807) is 0 Å². The summed E-state index contributed by atoms with van der Waals surface area (Å²) in [6.45, 7) is 0. The summed E-state index contributed by atoms with van der Waals surface area (Å²) < 4.78 is 0. The van der Waals surface area contributed by atoms with Crippen LogP contribution < -0.4 is 0 Å². The van der Waals surface area contributed by atoms with E-state index < -0.39 is 12.2 Å². The molecule has 0 unspecified atom stereocenters. The summed E-state index contributed by atoms with van der Waals surface area (Å²) >= 11 is 0. The zero-order valence-corrected chi connectivity index (χ0v) is 8.81. The molecular weight excluding hydrogens is 168 g/mol. The topological polar surface area (TPSA) is 46.9 Å². The third-order valence-electron chi connectivity index (χ3n) is 2.95. The summed E-state index contributed by atoms with van der Waals surface area (Å²) in [6, 6.07) is 0.143. The van der Waals surface area contributed by atoms with E-state index in [-0.39, 0.29) is 12.1 Å². The number of hydrogen-bond donors (Lipinski definition) is 2. The molecule has 0 radical (unpaired) electrons. The zero-order chi connectivity index (χ0) is 10.2. The van der Waals surface area contributed by atoms with Gasteiger partial charge in [-0.2, -0.15) is 0 Å². The predicted octanol–water partition coefficient (Wildman–Crippen LogP) is -1.03. The molecule has 0 aromatic rings. The Labute approximate surface area is 79.8 Å². The second-order valence-corrected chi connectivity index (χ2v) is 4.28. The average Bonchev–Trinajstić information content (AvgIpc) is 2.29. The Kier molecular flexibility index (Phi) is 3.29. The van der Waals surface area contributed by atoms with E-state index in [4.69, 9.17) is 0 Å². The summed E-state index contributed by atoms with van der Waals surface area (Å²) in [4.78, 5) is 3.94. The van der Waals surface area contributed by atoms with Crippen LogP contribution in [0, 0.1) is 0 Å². The molecule has 1 fully saturated rings. The fourth-order valence-corrected chi connectivity index (χ4v) is 2.01. The molecule has 13 heavy (non-hydrogen) atoms. The maximum atomic E-state index is 9.73. The maximum absolute atomic E-state index is 9.73. The predicted molar refractivity (Wildman–Crippen MR) is 51.6 cm³/mol. The van der Waals surface area contributed by atoms with E-state index in [2.05, 4.69) is 0 Å². The molecule has 4 heteroatoms. The maximum Gasteiger partial charge on any atom is 0.0969 e. The summed E-state index contributed by atoms with van der Waals surface area (Å²) in [5.41, 5.74) is 0. The molecule has 1 aliphatic rings. The second kappa shape index (κ2) is 3.92. The highest BCUT2D eigenvalue weighted by Gasteiger charge is 2.43. The van der Waals surface area contributed by atoms with Crippen molar-refractivity contribution < 1.29 is 10.2 Å². The van der Waals surface area contributed by atoms with Crippen molar-refractivity contribution in [3.05, 3.63) is 0 Å². The van der Waals surface area contributed by atoms with E-state index in [1.165, 1.54) is 0 Å². The van der Waals surface area contributed by atoms with E-state index in [1.807, 2.05) is 38.0 Å². The fraction of sp³-hybridized carbons (Fsp3) is 1.00. The van der Waals surface area contributed by atoms with Gasteiger partial charge in [0.25, 0.3) is 0 Å². The zero-order valence-electron chi connectivity index (χ0n) is 8.81. The largest absolute Gasteiger partial charge is 0.389 e. The molecule has 0 amide bonds. The molecule has 78 valence electrons. The Morgan fingerprint density at radius 3 is 1.31 bits per heavy atom. The molecule has 0 aromatic carbocycles. The van der Waals surface area contributed by atoms with Gasteiger partial charge < -0.3 is 20.0 Å². The van der Waals surface area contributed by atoms with Gasteiger partial charge in [-0.05, 0) is 34.6 Å². The number of nitrogens with zero attached hydrogens (tertiary/aromatic N) is 2. The molecule has 1 rings (SSSR count). The standard InChI is InChI=1S/C9H20N2O2/c1-10(2)6-5-7(11(3)4)9(13)8(6)12/h6-9,12-13H,5H2,1-4H3/t6-,7-,8+,9+/m1/s1. The van der Waals surface area contributed by atoms with Gasteiger partial charge in [-0.1, -0.05) is 0 Å². The van der Waals surface area contributed by atoms with Crippen LogP contribution in [0.4, 0.5) is 0 Å². The van der Waals surface area contributed by atoms with Crippen molar-refractivity contribution in [2.24, 2.45) is 0 Å². The van der Waals surface area contributed by atoms with E-state index in [0.29, 0.717) is 0 Å². The second-order valence-electron chi connectivity index (χ2n) is 4.28. The quantitative estimate of drug-likeness (QED) is 0.582. The first kappa shape index (κ1) is 10.9. The van der Waals surface area contributed by atoms with Crippen molar-refractivity contribution in [3.63, 3.8) is 0 Å². The Balaban J connectivity index is 2.66. The lowest BCUT2D eigenvalue weighted by molar-refractivity contribution is -0.00865. The number of likely N-dealkylation sites (N-methyl/N-ethyl adjacent to an activating group) is 2. The van der Waals surface area contributed by atoms with Gasteiger partial charge in [0.15, 0.2) is 0 Å². The normalized spacial score (nSPS) is 40.6. The lowest BCUT2D eigenvalue weighted by Gasteiger charge is -2.23. The molecule has 0 aliphatic heterocycles. The first-order valence-corrected chi connectivity index (χ1v) is 4.64. The lowest BCUT2D eigenvalue weighted by Crippen LogP contribution is -2.41. The first-order chi connectivity index (χ1) is 5.95. The van der Waals surface area contributed by atoms with Crippen LogP contribution >= 0.6 is 0 Å². The van der Waals surface area contributed by atoms with Crippen LogP contribution in [0.5, 0.6) is 0 Å². The Hall–Kier alpha value is -0.160. The molecule has 2 N–H and O–H groups in total. The van der Waals surface area contributed by atoms with Crippen LogP contribution in [0.1, 0.15) is 6.42 Å². The van der Waals surface area contributed by atoms with Crippen LogP contribution in [0.3, 0.4) is 0 Å². The van der Waals surface area contributed by atoms with Gasteiger partial charge in [-0.3, -0.25) is 0 Å². The minimum Gasteiger partial charge on any atom is -0.389 e. The molecule has 4 nitrogen and oxygen atoms in total. The highest BCUT2D eigenvalue weighted by molar-refractivity contribution is 4.98. The van der Waals surface area contributed by atoms with Crippen LogP contribution in [0.25, 0.3) is 0 Å². The average molecular weight is 188 g/mol. The first-order valence-electron chi connectivity index (χ1n) is 4.64. The van der Waals surface area contributed by atoms with Crippen LogP contribution in [0.15, 0.2) is 0 Å². The smallest absolute Gasteiger partial charge is 0.0969 e. The fourth-order valence-electron chi connectivity index (χ4n) is 2.01. The van der Waals surface area contributed by atoms with Gasteiger partial charge in [0, 0.05) is 12.1 Å². The van der Waals surface area contributed by atoms with Crippen molar-refractivity contribution in [1.82, 2.24) is 9.80 Å². The minimum absolute atomic E-state index is 0.0717. The molecule has 0 aromatic heterocycles. The monoisotopic (exact) mass is 188 g/mol. The summed E-state index contributed by atoms with van der Waals surface area (Å²) in [7, 11) is 7.72. The van der Waals surface area contributed by atoms with Gasteiger partial charge >= 0.3 is 0 Å². The third kappa shape index (κ3) is 2.02. The van der Waals surface area contributed by atoms with Crippen molar-refractivity contribution in [2.75, 3.05) is 28.2 Å². The van der Waals surface area contributed by atoms with E-state index in [0.717, 1.165) is 6.42 Å². The van der Waals surface area contributed by atoms with Gasteiger partial charge in [0.2, 0.25) is 0 Å². The molecule has 4 atom stereocenters.